The number of esters is 1. The summed E-state index contributed by atoms with van der Waals surface area (Å²) in [5, 5.41) is 0. The minimum atomic E-state index is -0.540. The predicted octanol–water partition coefficient (Wildman–Crippen LogP) is 3.59. The Kier molecular flexibility index (Phi) is 7.23. The molecule has 0 saturated carbocycles. The van der Waals surface area contributed by atoms with E-state index in [2.05, 4.69) is 18.7 Å². The highest BCUT2D eigenvalue weighted by Gasteiger charge is 2.16. The average molecular weight is 371 g/mol. The Morgan fingerprint density at radius 2 is 1.59 bits per heavy atom. The fourth-order valence-electron chi connectivity index (χ4n) is 2.72. The molecule has 0 aliphatic heterocycles. The van der Waals surface area contributed by atoms with Gasteiger partial charge < -0.3 is 19.1 Å². The third-order valence-electron chi connectivity index (χ3n) is 4.28. The van der Waals surface area contributed by atoms with Crippen LogP contribution in [0.5, 0.6) is 11.5 Å². The van der Waals surface area contributed by atoms with Crippen LogP contribution in [0.2, 0.25) is 0 Å². The van der Waals surface area contributed by atoms with Gasteiger partial charge in [0.15, 0.2) is 6.61 Å². The van der Waals surface area contributed by atoms with Gasteiger partial charge in [0.1, 0.15) is 11.5 Å². The first-order chi connectivity index (χ1) is 13.0. The molecule has 0 spiro atoms. The molecule has 0 unspecified atom stereocenters. The lowest BCUT2D eigenvalue weighted by Gasteiger charge is -2.20. The van der Waals surface area contributed by atoms with Crippen LogP contribution in [0.3, 0.4) is 0 Å². The Hall–Kier alpha value is -3.02. The highest BCUT2D eigenvalue weighted by molar-refractivity contribution is 6.01. The second-order valence-electron chi connectivity index (χ2n) is 5.78. The maximum atomic E-state index is 12.4. The van der Waals surface area contributed by atoms with Gasteiger partial charge in [-0.3, -0.25) is 4.79 Å². The van der Waals surface area contributed by atoms with Crippen molar-refractivity contribution in [1.82, 2.24) is 0 Å². The number of Topliss-reactive ketones (excluding diaryl/α,β-unsaturated/α-hetero) is 1. The summed E-state index contributed by atoms with van der Waals surface area (Å²) in [6.07, 6.45) is 0. The molecule has 6 nitrogen and oxygen atoms in total. The van der Waals surface area contributed by atoms with Crippen LogP contribution < -0.4 is 14.4 Å². The maximum Gasteiger partial charge on any atom is 0.338 e. The smallest absolute Gasteiger partial charge is 0.338 e. The molecule has 0 bridgehead atoms. The predicted molar refractivity (Wildman–Crippen MR) is 104 cm³/mol. The minimum absolute atomic E-state index is 0.336. The molecule has 2 rings (SSSR count). The first kappa shape index (κ1) is 20.3. The van der Waals surface area contributed by atoms with Crippen molar-refractivity contribution in [2.45, 2.75) is 13.8 Å². The van der Waals surface area contributed by atoms with Gasteiger partial charge in [-0.15, -0.1) is 0 Å². The third-order valence-corrected chi connectivity index (χ3v) is 4.28. The quantitative estimate of drug-likeness (QED) is 0.496. The standard InChI is InChI=1S/C21H25NO5/c1-5-22(6-2)16-9-7-15(8-10-16)21(24)27-14-19(23)18-12-11-17(25-3)13-20(18)26-4/h7-13H,5-6,14H2,1-4H3. The lowest BCUT2D eigenvalue weighted by Crippen LogP contribution is -2.21. The molecule has 0 N–H and O–H groups in total. The van der Waals surface area contributed by atoms with Crippen LogP contribution >= 0.6 is 0 Å². The number of hydrogen-bond acceptors (Lipinski definition) is 6. The number of ether oxygens (including phenoxy) is 3. The van der Waals surface area contributed by atoms with E-state index >= 15 is 0 Å². The van der Waals surface area contributed by atoms with Crippen molar-refractivity contribution in [2.24, 2.45) is 0 Å². The molecule has 0 aromatic heterocycles. The van der Waals surface area contributed by atoms with E-state index in [0.29, 0.717) is 22.6 Å². The molecule has 0 saturated heterocycles. The molecule has 2 aromatic rings. The van der Waals surface area contributed by atoms with E-state index in [1.165, 1.54) is 14.2 Å². The molecule has 6 heteroatoms. The van der Waals surface area contributed by atoms with Gasteiger partial charge >= 0.3 is 5.97 Å². The second-order valence-corrected chi connectivity index (χ2v) is 5.78. The summed E-state index contributed by atoms with van der Waals surface area (Å²) in [5.41, 5.74) is 1.78. The van der Waals surface area contributed by atoms with Gasteiger partial charge in [0.2, 0.25) is 5.78 Å². The fraction of sp³-hybridized carbons (Fsp3) is 0.333. The van der Waals surface area contributed by atoms with Crippen molar-refractivity contribution in [1.29, 1.82) is 0 Å². The third kappa shape index (κ3) is 5.00. The van der Waals surface area contributed by atoms with Gasteiger partial charge in [-0.25, -0.2) is 4.79 Å². The van der Waals surface area contributed by atoms with Gasteiger partial charge in [-0.1, -0.05) is 0 Å². The molecule has 0 heterocycles. The molecule has 0 amide bonds. The molecule has 0 radical (unpaired) electrons. The van der Waals surface area contributed by atoms with Gasteiger partial charge in [0, 0.05) is 24.8 Å². The summed E-state index contributed by atoms with van der Waals surface area (Å²) in [6.45, 7) is 5.56. The number of rotatable bonds is 9. The van der Waals surface area contributed by atoms with Crippen LogP contribution in [0.15, 0.2) is 42.5 Å². The minimum Gasteiger partial charge on any atom is -0.497 e. The Morgan fingerprint density at radius 3 is 2.15 bits per heavy atom. The van der Waals surface area contributed by atoms with Crippen molar-refractivity contribution in [3.8, 4) is 11.5 Å². The van der Waals surface area contributed by atoms with Gasteiger partial charge in [-0.05, 0) is 50.2 Å². The number of benzene rings is 2. The van der Waals surface area contributed by atoms with Gasteiger partial charge in [0.25, 0.3) is 0 Å². The van der Waals surface area contributed by atoms with E-state index in [1.807, 2.05) is 12.1 Å². The summed E-state index contributed by atoms with van der Waals surface area (Å²) in [7, 11) is 3.00. The van der Waals surface area contributed by atoms with Crippen molar-refractivity contribution in [3.63, 3.8) is 0 Å². The maximum absolute atomic E-state index is 12.4. The number of nitrogens with zero attached hydrogens (tertiary/aromatic N) is 1. The Labute approximate surface area is 159 Å². The zero-order chi connectivity index (χ0) is 19.8. The number of carbonyl (C=O) groups is 2. The van der Waals surface area contributed by atoms with Crippen LogP contribution in [0.1, 0.15) is 34.6 Å². The highest BCUT2D eigenvalue weighted by atomic mass is 16.5. The molecule has 0 atom stereocenters. The molecular formula is C21H25NO5. The van der Waals surface area contributed by atoms with Crippen LogP contribution in [0, 0.1) is 0 Å². The van der Waals surface area contributed by atoms with E-state index < -0.39 is 5.97 Å². The van der Waals surface area contributed by atoms with Crippen LogP contribution in [-0.4, -0.2) is 45.7 Å². The van der Waals surface area contributed by atoms with Crippen molar-refractivity contribution in [3.05, 3.63) is 53.6 Å². The van der Waals surface area contributed by atoms with E-state index in [9.17, 15) is 9.59 Å². The molecule has 0 aliphatic carbocycles. The Balaban J connectivity index is 2.02. The second kappa shape index (κ2) is 9.62. The molecule has 0 aliphatic rings. The van der Waals surface area contributed by atoms with E-state index in [4.69, 9.17) is 14.2 Å². The van der Waals surface area contributed by atoms with Gasteiger partial charge in [0.05, 0.1) is 25.3 Å². The first-order valence-corrected chi connectivity index (χ1v) is 8.81. The largest absolute Gasteiger partial charge is 0.497 e. The number of ketones is 1. The normalized spacial score (nSPS) is 10.2. The van der Waals surface area contributed by atoms with Crippen LogP contribution in [0.25, 0.3) is 0 Å². The van der Waals surface area contributed by atoms with E-state index in [-0.39, 0.29) is 12.4 Å². The topological polar surface area (TPSA) is 65.1 Å². The fourth-order valence-corrected chi connectivity index (χ4v) is 2.72. The molecule has 27 heavy (non-hydrogen) atoms. The van der Waals surface area contributed by atoms with Gasteiger partial charge in [-0.2, -0.15) is 0 Å². The Bertz CT molecular complexity index is 782. The van der Waals surface area contributed by atoms with Crippen LogP contribution in [0.4, 0.5) is 5.69 Å². The molecule has 2 aromatic carbocycles. The first-order valence-electron chi connectivity index (χ1n) is 8.81. The van der Waals surface area contributed by atoms with Crippen molar-refractivity contribution < 1.29 is 23.8 Å². The van der Waals surface area contributed by atoms with E-state index in [0.717, 1.165) is 18.8 Å². The summed E-state index contributed by atoms with van der Waals surface area (Å²) in [5.74, 6) is 0.0669. The average Bonchev–Trinajstić information content (AvgIpc) is 2.72. The monoisotopic (exact) mass is 371 g/mol. The zero-order valence-electron chi connectivity index (χ0n) is 16.2. The summed E-state index contributed by atoms with van der Waals surface area (Å²) in [4.78, 5) is 26.8. The summed E-state index contributed by atoms with van der Waals surface area (Å²) >= 11 is 0. The van der Waals surface area contributed by atoms with Crippen molar-refractivity contribution >= 4 is 17.4 Å². The number of anilines is 1. The summed E-state index contributed by atoms with van der Waals surface area (Å²) in [6, 6.07) is 12.0. The molecule has 144 valence electrons. The summed E-state index contributed by atoms with van der Waals surface area (Å²) < 4.78 is 15.5. The SMILES string of the molecule is CCN(CC)c1ccc(C(=O)OCC(=O)c2ccc(OC)cc2OC)cc1. The number of hydrogen-bond donors (Lipinski definition) is 0. The van der Waals surface area contributed by atoms with Crippen molar-refractivity contribution in [2.75, 3.05) is 38.8 Å². The zero-order valence-corrected chi connectivity index (χ0v) is 16.2. The highest BCUT2D eigenvalue weighted by Crippen LogP contribution is 2.25. The lowest BCUT2D eigenvalue weighted by molar-refractivity contribution is 0.0474. The van der Waals surface area contributed by atoms with Crippen LogP contribution in [-0.2, 0) is 4.74 Å². The Morgan fingerprint density at radius 1 is 0.926 bits per heavy atom. The molecule has 0 fully saturated rings. The molecular weight excluding hydrogens is 346 g/mol. The number of methoxy groups -OCH3 is 2. The van der Waals surface area contributed by atoms with E-state index in [1.54, 1.807) is 30.3 Å². The number of carbonyl (C=O) groups excluding carboxylic acids is 2. The lowest BCUT2D eigenvalue weighted by atomic mass is 10.1.